The molecule has 5 nitrogen and oxygen atoms in total. The minimum atomic E-state index is 0.171. The molecule has 3 aromatic rings. The van der Waals surface area contributed by atoms with Gasteiger partial charge in [-0.2, -0.15) is 0 Å². The van der Waals surface area contributed by atoms with Gasteiger partial charge in [-0.3, -0.25) is 9.47 Å². The van der Waals surface area contributed by atoms with Crippen LogP contribution >= 0.6 is 0 Å². The number of nitrogens with zero attached hydrogens (tertiary/aromatic N) is 1. The fraction of sp³-hybridized carbons (Fsp3) is 0.348. The Balaban J connectivity index is 1.85. The Bertz CT molecular complexity index is 946. The summed E-state index contributed by atoms with van der Waals surface area (Å²) in [6.07, 6.45) is 3.67. The molecule has 148 valence electrons. The summed E-state index contributed by atoms with van der Waals surface area (Å²) in [6.45, 7) is 2.71. The van der Waals surface area contributed by atoms with Gasteiger partial charge in [0.1, 0.15) is 5.69 Å². The zero-order valence-corrected chi connectivity index (χ0v) is 16.8. The molecule has 0 bridgehead atoms. The van der Waals surface area contributed by atoms with E-state index in [2.05, 4.69) is 12.3 Å². The predicted octanol–water partition coefficient (Wildman–Crippen LogP) is 5.17. The average molecular weight is 380 g/mol. The van der Waals surface area contributed by atoms with Crippen LogP contribution in [0, 0.1) is 0 Å². The van der Waals surface area contributed by atoms with Crippen molar-refractivity contribution < 1.29 is 14.3 Å². The smallest absolute Gasteiger partial charge is 0.181 e. The van der Waals surface area contributed by atoms with Crippen molar-refractivity contribution >= 4 is 16.7 Å². The van der Waals surface area contributed by atoms with Crippen LogP contribution in [0.15, 0.2) is 48.5 Å². The lowest BCUT2D eigenvalue weighted by Crippen LogP contribution is -2.19. The highest BCUT2D eigenvalue weighted by Gasteiger charge is 2.15. The van der Waals surface area contributed by atoms with Crippen molar-refractivity contribution in [3.05, 3.63) is 59.8 Å². The lowest BCUT2D eigenvalue weighted by Gasteiger charge is -2.15. The van der Waals surface area contributed by atoms with Gasteiger partial charge in [-0.1, -0.05) is 44.0 Å². The Morgan fingerprint density at radius 3 is 2.54 bits per heavy atom. The molecule has 1 aromatic heterocycles. The van der Waals surface area contributed by atoms with Crippen LogP contribution in [0.25, 0.3) is 10.9 Å². The quantitative estimate of drug-likeness (QED) is 0.390. The largest absolute Gasteiger partial charge is 0.493 e. The maximum Gasteiger partial charge on any atom is 0.181 e. The first-order valence-electron chi connectivity index (χ1n) is 9.76. The molecule has 1 N–H and O–H groups in total. The van der Waals surface area contributed by atoms with Crippen molar-refractivity contribution in [1.29, 1.82) is 0 Å². The van der Waals surface area contributed by atoms with E-state index in [1.165, 1.54) is 0 Å². The molecule has 0 radical (unpaired) electrons. The molecule has 0 fully saturated rings. The van der Waals surface area contributed by atoms with E-state index in [4.69, 9.17) is 9.47 Å². The van der Waals surface area contributed by atoms with Gasteiger partial charge < -0.3 is 14.9 Å². The third-order valence-electron chi connectivity index (χ3n) is 4.89. The molecule has 0 amide bonds. The van der Waals surface area contributed by atoms with Gasteiger partial charge in [-0.25, -0.2) is 0 Å². The van der Waals surface area contributed by atoms with Gasteiger partial charge >= 0.3 is 0 Å². The van der Waals surface area contributed by atoms with Crippen LogP contribution in [0.4, 0.5) is 0 Å². The van der Waals surface area contributed by atoms with E-state index < -0.39 is 0 Å². The molecule has 0 saturated heterocycles. The molecule has 0 aliphatic heterocycles. The summed E-state index contributed by atoms with van der Waals surface area (Å²) in [7, 11) is 3.25. The molecule has 0 aliphatic carbocycles. The summed E-state index contributed by atoms with van der Waals surface area (Å²) >= 11 is 0. The summed E-state index contributed by atoms with van der Waals surface area (Å²) in [5, 5.41) is 1.06. The Hall–Kier alpha value is -2.95. The van der Waals surface area contributed by atoms with E-state index in [9.17, 15) is 4.79 Å². The standard InChI is InChI=1S/C23H28N2O3/c1-4-5-6-11-21(26)20-15-18-9-7-8-10-19(18)25(20)24-16-17-12-13-22(27-2)23(14-17)28-3/h7-10,12-15,24H,4-6,11,16H2,1-3H3. The SMILES string of the molecule is CCCCCC(=O)c1cc2ccccc2n1NCc1ccc(OC)c(OC)c1. The third kappa shape index (κ3) is 4.30. The molecule has 2 aromatic carbocycles. The van der Waals surface area contributed by atoms with Crippen molar-refractivity contribution in [2.45, 2.75) is 39.2 Å². The van der Waals surface area contributed by atoms with Gasteiger partial charge in [-0.05, 0) is 36.2 Å². The van der Waals surface area contributed by atoms with Crippen LogP contribution in [-0.4, -0.2) is 24.7 Å². The maximum absolute atomic E-state index is 12.8. The fourth-order valence-electron chi connectivity index (χ4n) is 3.35. The molecule has 3 rings (SSSR count). The van der Waals surface area contributed by atoms with Crippen molar-refractivity contribution in [1.82, 2.24) is 4.68 Å². The third-order valence-corrected chi connectivity index (χ3v) is 4.89. The zero-order chi connectivity index (χ0) is 19.9. The Kier molecular flexibility index (Phi) is 6.58. The number of hydrogen-bond acceptors (Lipinski definition) is 4. The number of aromatic nitrogens is 1. The molecule has 0 saturated carbocycles. The summed E-state index contributed by atoms with van der Waals surface area (Å²) < 4.78 is 12.6. The lowest BCUT2D eigenvalue weighted by molar-refractivity contribution is 0.0972. The van der Waals surface area contributed by atoms with Crippen LogP contribution in [0.1, 0.15) is 48.7 Å². The fourth-order valence-corrected chi connectivity index (χ4v) is 3.35. The van der Waals surface area contributed by atoms with Crippen LogP contribution in [-0.2, 0) is 6.54 Å². The van der Waals surface area contributed by atoms with Gasteiger partial charge in [0.15, 0.2) is 17.3 Å². The molecule has 0 aliphatic rings. The Morgan fingerprint density at radius 1 is 1.00 bits per heavy atom. The van der Waals surface area contributed by atoms with Crippen LogP contribution < -0.4 is 14.9 Å². The molecule has 1 heterocycles. The lowest BCUT2D eigenvalue weighted by atomic mass is 10.1. The number of fused-ring (bicyclic) bond motifs is 1. The molecule has 28 heavy (non-hydrogen) atoms. The number of carbonyl (C=O) groups is 1. The highest BCUT2D eigenvalue weighted by atomic mass is 16.5. The van der Waals surface area contributed by atoms with Gasteiger partial charge in [0.05, 0.1) is 26.3 Å². The number of methoxy groups -OCH3 is 2. The van der Waals surface area contributed by atoms with E-state index in [0.29, 0.717) is 30.2 Å². The number of Topliss-reactive ketones (excluding diaryl/α,β-unsaturated/α-hetero) is 1. The van der Waals surface area contributed by atoms with Crippen LogP contribution in [0.5, 0.6) is 11.5 Å². The number of hydrogen-bond donors (Lipinski definition) is 1. The van der Waals surface area contributed by atoms with Crippen molar-refractivity contribution in [3.63, 3.8) is 0 Å². The Morgan fingerprint density at radius 2 is 1.79 bits per heavy atom. The highest BCUT2D eigenvalue weighted by Crippen LogP contribution is 2.28. The summed E-state index contributed by atoms with van der Waals surface area (Å²) in [4.78, 5) is 12.8. The number of ketones is 1. The van der Waals surface area contributed by atoms with Crippen LogP contribution in [0.2, 0.25) is 0 Å². The second kappa shape index (κ2) is 9.31. The number of carbonyl (C=O) groups excluding carboxylic acids is 1. The normalized spacial score (nSPS) is 10.8. The molecule has 0 spiro atoms. The van der Waals surface area contributed by atoms with E-state index in [1.807, 2.05) is 53.2 Å². The molecule has 0 atom stereocenters. The minimum absolute atomic E-state index is 0.171. The monoisotopic (exact) mass is 380 g/mol. The predicted molar refractivity (Wildman–Crippen MR) is 113 cm³/mol. The summed E-state index contributed by atoms with van der Waals surface area (Å²) in [5.41, 5.74) is 6.16. The van der Waals surface area contributed by atoms with Gasteiger partial charge in [0.2, 0.25) is 0 Å². The molecular weight excluding hydrogens is 352 g/mol. The zero-order valence-electron chi connectivity index (χ0n) is 16.8. The first-order valence-corrected chi connectivity index (χ1v) is 9.76. The summed E-state index contributed by atoms with van der Waals surface area (Å²) in [6, 6.07) is 15.8. The Labute approximate surface area is 166 Å². The van der Waals surface area contributed by atoms with Gasteiger partial charge in [0, 0.05) is 11.8 Å². The maximum atomic E-state index is 12.8. The second-order valence-corrected chi connectivity index (χ2v) is 6.83. The minimum Gasteiger partial charge on any atom is -0.493 e. The molecular formula is C23H28N2O3. The topological polar surface area (TPSA) is 52.5 Å². The number of rotatable bonds is 10. The van der Waals surface area contributed by atoms with E-state index in [-0.39, 0.29) is 5.78 Å². The van der Waals surface area contributed by atoms with Crippen molar-refractivity contribution in [2.24, 2.45) is 0 Å². The van der Waals surface area contributed by atoms with Crippen molar-refractivity contribution in [3.8, 4) is 11.5 Å². The molecule has 5 heteroatoms. The van der Waals surface area contributed by atoms with E-state index in [1.54, 1.807) is 14.2 Å². The number of nitrogens with one attached hydrogen (secondary N) is 1. The van der Waals surface area contributed by atoms with E-state index in [0.717, 1.165) is 35.7 Å². The van der Waals surface area contributed by atoms with Gasteiger partial charge in [-0.15, -0.1) is 0 Å². The summed E-state index contributed by atoms with van der Waals surface area (Å²) in [5.74, 6) is 1.56. The van der Waals surface area contributed by atoms with Crippen molar-refractivity contribution in [2.75, 3.05) is 19.6 Å². The number of ether oxygens (including phenoxy) is 2. The second-order valence-electron chi connectivity index (χ2n) is 6.83. The average Bonchev–Trinajstić information content (AvgIpc) is 3.10. The number of benzene rings is 2. The number of unbranched alkanes of at least 4 members (excludes halogenated alkanes) is 2. The van der Waals surface area contributed by atoms with Crippen LogP contribution in [0.3, 0.4) is 0 Å². The first-order chi connectivity index (χ1) is 13.7. The number of para-hydroxylation sites is 1. The van der Waals surface area contributed by atoms with E-state index >= 15 is 0 Å². The highest BCUT2D eigenvalue weighted by molar-refractivity contribution is 6.00. The first kappa shape index (κ1) is 19.8. The molecule has 0 unspecified atom stereocenters. The van der Waals surface area contributed by atoms with Gasteiger partial charge in [0.25, 0.3) is 0 Å².